The number of para-hydroxylation sites is 1. The smallest absolute Gasteiger partial charge is 0.244 e. The van der Waals surface area contributed by atoms with Gasteiger partial charge in [-0.15, -0.1) is 0 Å². The number of methoxy groups -OCH3 is 2. The zero-order valence-corrected chi connectivity index (χ0v) is 17.7. The molecule has 2 heterocycles. The van der Waals surface area contributed by atoms with Crippen molar-refractivity contribution in [2.45, 2.75) is 18.8 Å². The second-order valence-corrected chi connectivity index (χ2v) is 7.72. The number of nitriles is 3. The Morgan fingerprint density at radius 3 is 2.19 bits per heavy atom. The third kappa shape index (κ3) is 2.29. The number of nitrogens with one attached hydrogen (secondary N) is 1. The maximum Gasteiger partial charge on any atom is 0.244 e. The number of rotatable bonds is 4. The minimum atomic E-state index is -2.09. The lowest BCUT2D eigenvalue weighted by Crippen LogP contribution is -2.57. The first-order valence-corrected chi connectivity index (χ1v) is 9.88. The lowest BCUT2D eigenvalue weighted by atomic mass is 9.53. The van der Waals surface area contributed by atoms with E-state index in [4.69, 9.17) is 24.4 Å². The van der Waals surface area contributed by atoms with Gasteiger partial charge in [0.05, 0.1) is 38.3 Å². The van der Waals surface area contributed by atoms with Crippen LogP contribution in [-0.2, 0) is 15.3 Å². The Balaban J connectivity index is 2.08. The van der Waals surface area contributed by atoms with E-state index < -0.39 is 34.5 Å². The maximum atomic E-state index is 10.4. The lowest BCUT2D eigenvalue weighted by Gasteiger charge is -2.49. The van der Waals surface area contributed by atoms with E-state index in [9.17, 15) is 15.8 Å². The van der Waals surface area contributed by atoms with E-state index in [1.807, 2.05) is 18.2 Å². The molecule has 2 bridgehead atoms. The van der Waals surface area contributed by atoms with E-state index >= 15 is 0 Å². The number of benzene rings is 2. The molecule has 2 aliphatic rings. The number of hydrogen-bond acceptors (Lipinski definition) is 8. The predicted molar refractivity (Wildman–Crippen MR) is 111 cm³/mol. The Morgan fingerprint density at radius 2 is 1.62 bits per heavy atom. The highest BCUT2D eigenvalue weighted by Crippen LogP contribution is 2.69. The maximum absolute atomic E-state index is 10.4. The van der Waals surface area contributed by atoms with Crippen LogP contribution in [-0.4, -0.2) is 20.1 Å². The quantitative estimate of drug-likeness (QED) is 0.783. The molecular weight excluding hydrogens is 408 g/mol. The summed E-state index contributed by atoms with van der Waals surface area (Å²) in [5, 5.41) is 39.7. The lowest BCUT2D eigenvalue weighted by molar-refractivity contribution is -0.288. The second kappa shape index (κ2) is 7.27. The molecule has 32 heavy (non-hydrogen) atoms. The highest BCUT2D eigenvalue weighted by molar-refractivity contribution is 5.89. The Bertz CT molecular complexity index is 1200. The molecule has 2 aromatic rings. The van der Waals surface area contributed by atoms with Gasteiger partial charge in [-0.2, -0.15) is 15.8 Å². The van der Waals surface area contributed by atoms with Crippen molar-refractivity contribution in [2.24, 2.45) is 16.7 Å². The molecule has 0 spiro atoms. The van der Waals surface area contributed by atoms with Crippen LogP contribution in [0.1, 0.15) is 24.2 Å². The highest BCUT2D eigenvalue weighted by Gasteiger charge is 2.80. The van der Waals surface area contributed by atoms with Gasteiger partial charge in [0.25, 0.3) is 0 Å². The largest absolute Gasteiger partial charge is 0.493 e. The fraction of sp³-hybridized carbons (Fsp3) is 0.333. The summed E-state index contributed by atoms with van der Waals surface area (Å²) in [5.74, 6) is -2.21. The van der Waals surface area contributed by atoms with Gasteiger partial charge in [-0.1, -0.05) is 49.4 Å². The molecular formula is C24H20N4O4. The Hall–Kier alpha value is -4.06. The first-order valence-electron chi connectivity index (χ1n) is 9.88. The van der Waals surface area contributed by atoms with Crippen molar-refractivity contribution in [3.05, 3.63) is 59.7 Å². The van der Waals surface area contributed by atoms with Crippen molar-refractivity contribution in [1.82, 2.24) is 0 Å². The van der Waals surface area contributed by atoms with Crippen molar-refractivity contribution in [3.8, 4) is 29.7 Å². The summed E-state index contributed by atoms with van der Waals surface area (Å²) in [7, 11) is 2.91. The van der Waals surface area contributed by atoms with Gasteiger partial charge in [-0.3, -0.25) is 5.41 Å². The Morgan fingerprint density at radius 1 is 0.938 bits per heavy atom. The van der Waals surface area contributed by atoms with E-state index in [1.165, 1.54) is 14.2 Å². The van der Waals surface area contributed by atoms with Crippen molar-refractivity contribution >= 4 is 5.90 Å². The molecule has 160 valence electrons. The van der Waals surface area contributed by atoms with E-state index in [1.54, 1.807) is 49.4 Å². The first kappa shape index (κ1) is 21.2. The molecule has 4 unspecified atom stereocenters. The average Bonchev–Trinajstić information content (AvgIpc) is 3.00. The zero-order chi connectivity index (χ0) is 23.1. The number of fused-ring (bicyclic) bond motifs is 2. The third-order valence-corrected chi connectivity index (χ3v) is 6.56. The number of nitrogens with zero attached hydrogens (tertiary/aromatic N) is 3. The van der Waals surface area contributed by atoms with Crippen LogP contribution in [0.4, 0.5) is 0 Å². The molecule has 4 atom stereocenters. The summed E-state index contributed by atoms with van der Waals surface area (Å²) >= 11 is 0. The van der Waals surface area contributed by atoms with E-state index in [0.29, 0.717) is 16.9 Å². The van der Waals surface area contributed by atoms with Crippen LogP contribution >= 0.6 is 0 Å². The first-order chi connectivity index (χ1) is 15.4. The van der Waals surface area contributed by atoms with Gasteiger partial charge >= 0.3 is 0 Å². The SMILES string of the molecule is COc1cccc(C2OC3(c4ccccc4)OC(=N)C(C#N)(C3C)C2(C#N)C#N)c1OC. The summed E-state index contributed by atoms with van der Waals surface area (Å²) in [6.45, 7) is 1.67. The fourth-order valence-electron chi connectivity index (χ4n) is 4.94. The molecule has 0 aliphatic carbocycles. The molecule has 0 saturated carbocycles. The van der Waals surface area contributed by atoms with Gasteiger partial charge in [0.1, 0.15) is 6.10 Å². The molecule has 0 radical (unpaired) electrons. The van der Waals surface area contributed by atoms with Crippen molar-refractivity contribution in [3.63, 3.8) is 0 Å². The van der Waals surface area contributed by atoms with Gasteiger partial charge < -0.3 is 18.9 Å². The van der Waals surface area contributed by atoms with Crippen LogP contribution in [0, 0.1) is 56.2 Å². The average molecular weight is 428 g/mol. The van der Waals surface area contributed by atoms with Crippen LogP contribution in [0.2, 0.25) is 0 Å². The highest BCUT2D eigenvalue weighted by atomic mass is 16.7. The molecule has 8 heteroatoms. The molecule has 1 N–H and O–H groups in total. The molecule has 8 nitrogen and oxygen atoms in total. The Labute approximate surface area is 185 Å². The molecule has 2 aromatic carbocycles. The summed E-state index contributed by atoms with van der Waals surface area (Å²) in [5.41, 5.74) is -3.05. The van der Waals surface area contributed by atoms with Gasteiger partial charge in [-0.05, 0) is 6.07 Å². The molecule has 2 fully saturated rings. The van der Waals surface area contributed by atoms with E-state index in [2.05, 4.69) is 6.07 Å². The van der Waals surface area contributed by atoms with Crippen LogP contribution in [0.15, 0.2) is 48.5 Å². The van der Waals surface area contributed by atoms with E-state index in [0.717, 1.165) is 0 Å². The summed E-state index contributed by atoms with van der Waals surface area (Å²) < 4.78 is 23.4. The molecule has 2 saturated heterocycles. The van der Waals surface area contributed by atoms with E-state index in [-0.39, 0.29) is 5.75 Å². The number of ether oxygens (including phenoxy) is 4. The summed E-state index contributed by atoms with van der Waals surface area (Å²) in [6, 6.07) is 20.1. The van der Waals surface area contributed by atoms with Crippen molar-refractivity contribution in [1.29, 1.82) is 21.2 Å². The standard InChI is InChI=1S/C24H20N4O4/c1-15-23(14-27)21(28)32-24(15,16-8-5-4-6-9-16)31-20(22(23,12-25)13-26)17-10-7-11-18(29-2)19(17)30-3/h4-11,15,20,28H,1-3H3. The number of hydrogen-bond donors (Lipinski definition) is 1. The van der Waals surface area contributed by atoms with Gasteiger partial charge in [0.15, 0.2) is 16.9 Å². The molecule has 0 aromatic heterocycles. The van der Waals surface area contributed by atoms with Crippen molar-refractivity contribution in [2.75, 3.05) is 14.2 Å². The van der Waals surface area contributed by atoms with Crippen LogP contribution in [0.25, 0.3) is 0 Å². The van der Waals surface area contributed by atoms with Crippen LogP contribution in [0.3, 0.4) is 0 Å². The topological polar surface area (TPSA) is 132 Å². The zero-order valence-electron chi connectivity index (χ0n) is 17.7. The minimum Gasteiger partial charge on any atom is -0.493 e. The second-order valence-electron chi connectivity index (χ2n) is 7.72. The Kier molecular flexibility index (Phi) is 4.81. The summed E-state index contributed by atoms with van der Waals surface area (Å²) in [4.78, 5) is 0. The van der Waals surface area contributed by atoms with Crippen LogP contribution < -0.4 is 9.47 Å². The molecule has 0 amide bonds. The molecule has 2 aliphatic heterocycles. The predicted octanol–water partition coefficient (Wildman–Crippen LogP) is 3.82. The van der Waals surface area contributed by atoms with Crippen molar-refractivity contribution < 1.29 is 18.9 Å². The molecule has 4 rings (SSSR count). The monoisotopic (exact) mass is 428 g/mol. The summed E-state index contributed by atoms with van der Waals surface area (Å²) in [6.07, 6.45) is -1.28. The third-order valence-electron chi connectivity index (χ3n) is 6.56. The fourth-order valence-corrected chi connectivity index (χ4v) is 4.94. The van der Waals surface area contributed by atoms with Crippen LogP contribution in [0.5, 0.6) is 11.5 Å². The van der Waals surface area contributed by atoms with Gasteiger partial charge in [0.2, 0.25) is 17.1 Å². The normalized spacial score (nSPS) is 29.7. The van der Waals surface area contributed by atoms with Gasteiger partial charge in [-0.25, -0.2) is 0 Å². The van der Waals surface area contributed by atoms with Gasteiger partial charge in [0, 0.05) is 11.1 Å². The minimum absolute atomic E-state index is 0.270.